The first-order valence-corrected chi connectivity index (χ1v) is 8.05. The van der Waals surface area contributed by atoms with Crippen molar-refractivity contribution in [3.63, 3.8) is 0 Å². The van der Waals surface area contributed by atoms with Gasteiger partial charge in [0, 0.05) is 11.5 Å². The molecule has 0 saturated carbocycles. The summed E-state index contributed by atoms with van der Waals surface area (Å²) in [6, 6.07) is 14.5. The van der Waals surface area contributed by atoms with Crippen LogP contribution in [0.3, 0.4) is 0 Å². The number of nitrogens with zero attached hydrogens (tertiary/aromatic N) is 1. The summed E-state index contributed by atoms with van der Waals surface area (Å²) in [6.45, 7) is 1.96. The molecule has 108 valence electrons. The number of sulfonamides is 1. The van der Waals surface area contributed by atoms with E-state index in [-0.39, 0.29) is 5.92 Å². The Bertz CT molecular complexity index is 808. The smallest absolute Gasteiger partial charge is 0.283 e. The van der Waals surface area contributed by atoms with Crippen LogP contribution >= 0.6 is 0 Å². The molecular weight excluding hydrogens is 286 g/mol. The maximum absolute atomic E-state index is 12.1. The molecule has 1 aliphatic heterocycles. The van der Waals surface area contributed by atoms with Gasteiger partial charge in [0.25, 0.3) is 10.0 Å². The fourth-order valence-corrected chi connectivity index (χ4v) is 3.81. The number of benzene rings is 2. The lowest BCUT2D eigenvalue weighted by Crippen LogP contribution is -2.09. The lowest BCUT2D eigenvalue weighted by molar-refractivity contribution is 0.414. The summed E-state index contributed by atoms with van der Waals surface area (Å²) in [5, 5.41) is 0. The first-order chi connectivity index (χ1) is 10.0. The molecule has 0 fully saturated rings. The van der Waals surface area contributed by atoms with Crippen LogP contribution in [0.2, 0.25) is 0 Å². The lowest BCUT2D eigenvalue weighted by atomic mass is 9.91. The summed E-state index contributed by atoms with van der Waals surface area (Å²) in [7, 11) is -1.94. The zero-order valence-electron chi connectivity index (χ0n) is 11.8. The molecule has 0 aromatic heterocycles. The van der Waals surface area contributed by atoms with Crippen LogP contribution in [0.1, 0.15) is 24.0 Å². The Morgan fingerprint density at radius 1 is 1.05 bits per heavy atom. The quantitative estimate of drug-likeness (QED) is 0.875. The molecule has 5 heteroatoms. The third kappa shape index (κ3) is 2.34. The van der Waals surface area contributed by atoms with Crippen molar-refractivity contribution in [1.29, 1.82) is 0 Å². The molecule has 1 unspecified atom stereocenters. The van der Waals surface area contributed by atoms with Gasteiger partial charge in [-0.2, -0.15) is 12.8 Å². The Hall–Kier alpha value is -2.14. The van der Waals surface area contributed by atoms with E-state index in [2.05, 4.69) is 4.40 Å². The summed E-state index contributed by atoms with van der Waals surface area (Å²) in [6.07, 6.45) is 0. The molecule has 0 N–H and O–H groups in total. The van der Waals surface area contributed by atoms with E-state index in [4.69, 9.17) is 4.74 Å². The van der Waals surface area contributed by atoms with E-state index in [9.17, 15) is 8.42 Å². The van der Waals surface area contributed by atoms with Gasteiger partial charge in [-0.15, -0.1) is 0 Å². The van der Waals surface area contributed by atoms with Crippen molar-refractivity contribution in [2.45, 2.75) is 17.7 Å². The number of ether oxygens (including phenoxy) is 1. The van der Waals surface area contributed by atoms with E-state index in [1.165, 1.54) is 0 Å². The van der Waals surface area contributed by atoms with Gasteiger partial charge in [-0.3, -0.25) is 0 Å². The highest BCUT2D eigenvalue weighted by atomic mass is 32.2. The lowest BCUT2D eigenvalue weighted by Gasteiger charge is -2.13. The highest BCUT2D eigenvalue weighted by Gasteiger charge is 2.31. The van der Waals surface area contributed by atoms with Crippen molar-refractivity contribution >= 4 is 15.7 Å². The SMILES string of the molecule is COc1ccc(C(C)C2=NS(=O)(=O)c3ccccc32)cc1. The van der Waals surface area contributed by atoms with Crippen molar-refractivity contribution in [2.24, 2.45) is 4.40 Å². The molecule has 1 heterocycles. The number of hydrogen-bond donors (Lipinski definition) is 0. The predicted molar refractivity (Wildman–Crippen MR) is 81.6 cm³/mol. The van der Waals surface area contributed by atoms with Crippen molar-refractivity contribution in [1.82, 2.24) is 0 Å². The van der Waals surface area contributed by atoms with Crippen LogP contribution in [0, 0.1) is 0 Å². The first-order valence-electron chi connectivity index (χ1n) is 6.61. The maximum Gasteiger partial charge on any atom is 0.283 e. The van der Waals surface area contributed by atoms with Crippen molar-refractivity contribution in [3.05, 3.63) is 59.7 Å². The van der Waals surface area contributed by atoms with Gasteiger partial charge < -0.3 is 4.74 Å². The topological polar surface area (TPSA) is 55.7 Å². The number of fused-ring (bicyclic) bond motifs is 1. The molecule has 0 aliphatic carbocycles. The van der Waals surface area contributed by atoms with Crippen LogP contribution in [0.15, 0.2) is 57.8 Å². The van der Waals surface area contributed by atoms with E-state index in [0.717, 1.165) is 11.3 Å². The summed E-state index contributed by atoms with van der Waals surface area (Å²) < 4.78 is 33.3. The molecule has 21 heavy (non-hydrogen) atoms. The predicted octanol–water partition coefficient (Wildman–Crippen LogP) is 2.99. The second kappa shape index (κ2) is 5.00. The molecule has 0 radical (unpaired) electrons. The minimum Gasteiger partial charge on any atom is -0.497 e. The number of rotatable bonds is 3. The zero-order valence-corrected chi connectivity index (χ0v) is 12.6. The minimum atomic E-state index is -3.56. The van der Waals surface area contributed by atoms with E-state index in [1.54, 1.807) is 25.3 Å². The summed E-state index contributed by atoms with van der Waals surface area (Å²) in [4.78, 5) is 0.292. The van der Waals surface area contributed by atoms with Crippen molar-refractivity contribution in [3.8, 4) is 5.75 Å². The van der Waals surface area contributed by atoms with Crippen LogP contribution < -0.4 is 4.74 Å². The van der Waals surface area contributed by atoms with Crippen molar-refractivity contribution < 1.29 is 13.2 Å². The Morgan fingerprint density at radius 2 is 1.71 bits per heavy atom. The minimum absolute atomic E-state index is 0.102. The highest BCUT2D eigenvalue weighted by Crippen LogP contribution is 2.33. The fourth-order valence-electron chi connectivity index (χ4n) is 2.49. The number of hydrogen-bond acceptors (Lipinski definition) is 3. The molecule has 0 amide bonds. The average Bonchev–Trinajstić information content (AvgIpc) is 2.79. The van der Waals surface area contributed by atoms with E-state index >= 15 is 0 Å². The Balaban J connectivity index is 2.04. The Kier molecular flexibility index (Phi) is 3.29. The molecule has 1 atom stereocenters. The second-order valence-corrected chi connectivity index (χ2v) is 6.52. The van der Waals surface area contributed by atoms with Gasteiger partial charge in [0.2, 0.25) is 0 Å². The number of methoxy groups -OCH3 is 1. The third-order valence-electron chi connectivity index (χ3n) is 3.69. The molecule has 4 nitrogen and oxygen atoms in total. The van der Waals surface area contributed by atoms with Crippen LogP contribution in [0.4, 0.5) is 0 Å². The van der Waals surface area contributed by atoms with Gasteiger partial charge in [-0.05, 0) is 23.8 Å². The third-order valence-corrected chi connectivity index (χ3v) is 5.03. The summed E-state index contributed by atoms with van der Waals surface area (Å²) in [5.74, 6) is 0.668. The van der Waals surface area contributed by atoms with Crippen LogP contribution in [0.25, 0.3) is 0 Å². The molecule has 0 saturated heterocycles. The van der Waals surface area contributed by atoms with E-state index in [0.29, 0.717) is 16.2 Å². The van der Waals surface area contributed by atoms with Crippen LogP contribution in [-0.2, 0) is 10.0 Å². The van der Waals surface area contributed by atoms with E-state index in [1.807, 2.05) is 37.3 Å². The summed E-state index contributed by atoms with van der Waals surface area (Å²) >= 11 is 0. The molecule has 0 spiro atoms. The Morgan fingerprint density at radius 3 is 2.38 bits per heavy atom. The standard InChI is InChI=1S/C16H15NO3S/c1-11(12-7-9-13(20-2)10-8-12)16-14-5-3-4-6-15(14)21(18,19)17-16/h3-11H,1-2H3. The van der Waals surface area contributed by atoms with Gasteiger partial charge >= 0.3 is 0 Å². The van der Waals surface area contributed by atoms with Crippen LogP contribution in [0.5, 0.6) is 5.75 Å². The van der Waals surface area contributed by atoms with Gasteiger partial charge in [-0.1, -0.05) is 37.3 Å². The van der Waals surface area contributed by atoms with Gasteiger partial charge in [-0.25, -0.2) is 0 Å². The van der Waals surface area contributed by atoms with Gasteiger partial charge in [0.05, 0.1) is 17.7 Å². The van der Waals surface area contributed by atoms with Crippen LogP contribution in [-0.4, -0.2) is 21.2 Å². The average molecular weight is 301 g/mol. The molecule has 2 aromatic rings. The monoisotopic (exact) mass is 301 g/mol. The van der Waals surface area contributed by atoms with Gasteiger partial charge in [0.15, 0.2) is 0 Å². The van der Waals surface area contributed by atoms with E-state index < -0.39 is 10.0 Å². The summed E-state index contributed by atoms with van der Waals surface area (Å²) in [5.41, 5.74) is 2.29. The highest BCUT2D eigenvalue weighted by molar-refractivity contribution is 7.90. The van der Waals surface area contributed by atoms with Crippen molar-refractivity contribution in [2.75, 3.05) is 7.11 Å². The molecule has 0 bridgehead atoms. The normalized spacial score (nSPS) is 17.0. The molecular formula is C16H15NO3S. The first kappa shape index (κ1) is 13.8. The Labute approximate surface area is 124 Å². The maximum atomic E-state index is 12.1. The molecule has 3 rings (SSSR count). The zero-order chi connectivity index (χ0) is 15.0. The largest absolute Gasteiger partial charge is 0.497 e. The molecule has 1 aliphatic rings. The second-order valence-electron chi connectivity index (χ2n) is 4.94. The fraction of sp³-hybridized carbons (Fsp3) is 0.188. The molecule has 2 aromatic carbocycles. The van der Waals surface area contributed by atoms with Gasteiger partial charge in [0.1, 0.15) is 5.75 Å².